The molecule has 1 fully saturated rings. The lowest BCUT2D eigenvalue weighted by Gasteiger charge is -2.27. The summed E-state index contributed by atoms with van der Waals surface area (Å²) in [5.41, 5.74) is 0.625. The zero-order valence-electron chi connectivity index (χ0n) is 14.5. The zero-order valence-corrected chi connectivity index (χ0v) is 14.5. The Kier molecular flexibility index (Phi) is 4.40. The SMILES string of the molecule is CC(C)(C)OC(=O)N1CCCC1c1nnn(-c2cccc(C#N)c2)n1. The summed E-state index contributed by atoms with van der Waals surface area (Å²) in [4.78, 5) is 15.4. The molecule has 0 saturated carbocycles. The highest BCUT2D eigenvalue weighted by Gasteiger charge is 2.35. The third-order valence-corrected chi connectivity index (χ3v) is 3.81. The van der Waals surface area contributed by atoms with Gasteiger partial charge in [-0.1, -0.05) is 6.07 Å². The summed E-state index contributed by atoms with van der Waals surface area (Å²) in [5, 5.41) is 21.6. The molecule has 8 heteroatoms. The van der Waals surface area contributed by atoms with E-state index >= 15 is 0 Å². The van der Waals surface area contributed by atoms with Gasteiger partial charge in [0.25, 0.3) is 0 Å². The number of tetrazole rings is 1. The van der Waals surface area contributed by atoms with E-state index in [2.05, 4.69) is 21.5 Å². The predicted molar refractivity (Wildman–Crippen MR) is 88.8 cm³/mol. The molecule has 3 rings (SSSR count). The Balaban J connectivity index is 1.81. The minimum Gasteiger partial charge on any atom is -0.444 e. The van der Waals surface area contributed by atoms with E-state index in [1.807, 2.05) is 20.8 Å². The molecule has 1 aliphatic rings. The number of rotatable bonds is 2. The summed E-state index contributed by atoms with van der Waals surface area (Å²) in [6.07, 6.45) is 1.27. The van der Waals surface area contributed by atoms with E-state index in [1.165, 1.54) is 4.80 Å². The van der Waals surface area contributed by atoms with Gasteiger partial charge in [0.2, 0.25) is 0 Å². The predicted octanol–water partition coefficient (Wildman–Crippen LogP) is 2.61. The number of carbonyl (C=O) groups excluding carboxylic acids is 1. The van der Waals surface area contributed by atoms with Crippen molar-refractivity contribution in [2.45, 2.75) is 45.3 Å². The summed E-state index contributed by atoms with van der Waals surface area (Å²) >= 11 is 0. The van der Waals surface area contributed by atoms with Crippen molar-refractivity contribution in [1.82, 2.24) is 25.1 Å². The maximum atomic E-state index is 12.4. The van der Waals surface area contributed by atoms with Crippen LogP contribution in [0, 0.1) is 11.3 Å². The third kappa shape index (κ3) is 3.76. The average molecular weight is 340 g/mol. The number of carbonyl (C=O) groups is 1. The molecule has 1 amide bonds. The molecule has 1 unspecified atom stereocenters. The van der Waals surface area contributed by atoms with Gasteiger partial charge in [-0.25, -0.2) is 4.79 Å². The van der Waals surface area contributed by atoms with Gasteiger partial charge in [-0.3, -0.25) is 4.90 Å². The van der Waals surface area contributed by atoms with Crippen LogP contribution < -0.4 is 0 Å². The number of benzene rings is 1. The molecule has 2 aromatic rings. The normalized spacial score (nSPS) is 17.4. The molecule has 8 nitrogen and oxygen atoms in total. The van der Waals surface area contributed by atoms with Crippen LogP contribution in [-0.4, -0.2) is 43.3 Å². The molecule has 0 bridgehead atoms. The quantitative estimate of drug-likeness (QED) is 0.833. The van der Waals surface area contributed by atoms with Crippen molar-refractivity contribution in [2.75, 3.05) is 6.54 Å². The number of amides is 1. The standard InChI is InChI=1S/C17H20N6O2/c1-17(2,3)25-16(24)22-9-5-8-14(22)15-19-21-23(20-15)13-7-4-6-12(10-13)11-18/h4,6-7,10,14H,5,8-9H2,1-3H3. The molecular formula is C17H20N6O2. The molecular weight excluding hydrogens is 320 g/mol. The minimum absolute atomic E-state index is 0.247. The van der Waals surface area contributed by atoms with E-state index in [9.17, 15) is 4.79 Å². The van der Waals surface area contributed by atoms with Gasteiger partial charge in [0, 0.05) is 6.54 Å². The number of hydrogen-bond donors (Lipinski definition) is 0. The van der Waals surface area contributed by atoms with Crippen molar-refractivity contribution in [1.29, 1.82) is 5.26 Å². The van der Waals surface area contributed by atoms with Gasteiger partial charge >= 0.3 is 6.09 Å². The molecule has 0 N–H and O–H groups in total. The van der Waals surface area contributed by atoms with E-state index < -0.39 is 5.60 Å². The topological polar surface area (TPSA) is 96.9 Å². The lowest BCUT2D eigenvalue weighted by atomic mass is 10.2. The number of nitriles is 1. The highest BCUT2D eigenvalue weighted by Crippen LogP contribution is 2.31. The van der Waals surface area contributed by atoms with Crippen molar-refractivity contribution < 1.29 is 9.53 Å². The van der Waals surface area contributed by atoms with Gasteiger partial charge in [-0.15, -0.1) is 15.0 Å². The van der Waals surface area contributed by atoms with Crippen LogP contribution in [0.25, 0.3) is 5.69 Å². The Bertz CT molecular complexity index is 817. The Morgan fingerprint density at radius 3 is 2.92 bits per heavy atom. The van der Waals surface area contributed by atoms with Gasteiger partial charge in [0.05, 0.1) is 23.4 Å². The molecule has 130 valence electrons. The van der Waals surface area contributed by atoms with Crippen molar-refractivity contribution in [3.05, 3.63) is 35.7 Å². The van der Waals surface area contributed by atoms with Crippen LogP contribution in [0.3, 0.4) is 0 Å². The molecule has 0 radical (unpaired) electrons. The molecule has 0 aliphatic carbocycles. The monoisotopic (exact) mass is 340 g/mol. The second-order valence-electron chi connectivity index (χ2n) is 6.93. The fourth-order valence-corrected chi connectivity index (χ4v) is 2.74. The maximum Gasteiger partial charge on any atom is 0.410 e. The van der Waals surface area contributed by atoms with Gasteiger partial charge in [0.1, 0.15) is 5.60 Å². The Morgan fingerprint density at radius 1 is 1.40 bits per heavy atom. The van der Waals surface area contributed by atoms with Crippen LogP contribution in [0.4, 0.5) is 4.79 Å². The highest BCUT2D eigenvalue weighted by atomic mass is 16.6. The van der Waals surface area contributed by atoms with Crippen LogP contribution in [0.1, 0.15) is 51.0 Å². The summed E-state index contributed by atoms with van der Waals surface area (Å²) < 4.78 is 5.46. The van der Waals surface area contributed by atoms with Crippen LogP contribution in [0.2, 0.25) is 0 Å². The minimum atomic E-state index is -0.549. The van der Waals surface area contributed by atoms with Gasteiger partial charge in [-0.2, -0.15) is 5.26 Å². The molecule has 25 heavy (non-hydrogen) atoms. The lowest BCUT2D eigenvalue weighted by molar-refractivity contribution is 0.0218. The van der Waals surface area contributed by atoms with Gasteiger partial charge < -0.3 is 4.74 Å². The van der Waals surface area contributed by atoms with Crippen molar-refractivity contribution in [3.8, 4) is 11.8 Å². The van der Waals surface area contributed by atoms with Gasteiger partial charge in [-0.05, 0) is 57.0 Å². The molecule has 1 aromatic carbocycles. The number of likely N-dealkylation sites (tertiary alicyclic amines) is 1. The van der Waals surface area contributed by atoms with Crippen molar-refractivity contribution >= 4 is 6.09 Å². The van der Waals surface area contributed by atoms with Crippen LogP contribution in [0.15, 0.2) is 24.3 Å². The smallest absolute Gasteiger partial charge is 0.410 e. The fraction of sp³-hybridized carbons (Fsp3) is 0.471. The van der Waals surface area contributed by atoms with E-state index in [1.54, 1.807) is 29.2 Å². The summed E-state index contributed by atoms with van der Waals surface area (Å²) in [5.74, 6) is 0.478. The average Bonchev–Trinajstić information content (AvgIpc) is 3.22. The Labute approximate surface area is 146 Å². The first kappa shape index (κ1) is 16.9. The number of nitrogens with zero attached hydrogens (tertiary/aromatic N) is 6. The third-order valence-electron chi connectivity index (χ3n) is 3.81. The highest BCUT2D eigenvalue weighted by molar-refractivity contribution is 5.69. The van der Waals surface area contributed by atoms with E-state index in [0.717, 1.165) is 12.8 Å². The second kappa shape index (κ2) is 6.51. The number of ether oxygens (including phenoxy) is 1. The Hall–Kier alpha value is -2.95. The van der Waals surface area contributed by atoms with Gasteiger partial charge in [0.15, 0.2) is 5.82 Å². The summed E-state index contributed by atoms with van der Waals surface area (Å²) in [7, 11) is 0. The summed E-state index contributed by atoms with van der Waals surface area (Å²) in [6.45, 7) is 6.13. The summed E-state index contributed by atoms with van der Waals surface area (Å²) in [6, 6.07) is 8.80. The van der Waals surface area contributed by atoms with Crippen LogP contribution in [-0.2, 0) is 4.74 Å². The second-order valence-corrected chi connectivity index (χ2v) is 6.93. The van der Waals surface area contributed by atoms with E-state index in [-0.39, 0.29) is 12.1 Å². The first-order valence-electron chi connectivity index (χ1n) is 8.17. The van der Waals surface area contributed by atoms with Crippen LogP contribution in [0.5, 0.6) is 0 Å². The lowest BCUT2D eigenvalue weighted by Crippen LogP contribution is -2.36. The van der Waals surface area contributed by atoms with Crippen molar-refractivity contribution in [3.63, 3.8) is 0 Å². The molecule has 1 aromatic heterocycles. The van der Waals surface area contributed by atoms with E-state index in [0.29, 0.717) is 23.6 Å². The first-order chi connectivity index (χ1) is 11.9. The Morgan fingerprint density at radius 2 is 2.20 bits per heavy atom. The maximum absolute atomic E-state index is 12.4. The zero-order chi connectivity index (χ0) is 18.0. The largest absolute Gasteiger partial charge is 0.444 e. The first-order valence-corrected chi connectivity index (χ1v) is 8.17. The van der Waals surface area contributed by atoms with Crippen molar-refractivity contribution in [2.24, 2.45) is 0 Å². The molecule has 2 heterocycles. The number of aromatic nitrogens is 4. The molecule has 1 atom stereocenters. The fourth-order valence-electron chi connectivity index (χ4n) is 2.74. The number of hydrogen-bond acceptors (Lipinski definition) is 6. The van der Waals surface area contributed by atoms with Crippen LogP contribution >= 0.6 is 0 Å². The molecule has 0 spiro atoms. The van der Waals surface area contributed by atoms with E-state index in [4.69, 9.17) is 10.00 Å². The molecule has 1 aliphatic heterocycles. The molecule has 1 saturated heterocycles.